The normalized spacial score (nSPS) is 14.4. The van der Waals surface area contributed by atoms with Crippen LogP contribution in [0, 0.1) is 5.92 Å². The van der Waals surface area contributed by atoms with Crippen LogP contribution < -0.4 is 24.7 Å². The summed E-state index contributed by atoms with van der Waals surface area (Å²) in [6, 6.07) is 8.67. The minimum absolute atomic E-state index is 0.0796. The fraction of sp³-hybridized carbons (Fsp3) is 0.348. The van der Waals surface area contributed by atoms with E-state index in [0.717, 1.165) is 0 Å². The zero-order chi connectivity index (χ0) is 22.8. The van der Waals surface area contributed by atoms with Crippen molar-refractivity contribution in [3.8, 4) is 17.2 Å². The van der Waals surface area contributed by atoms with Crippen LogP contribution >= 0.6 is 11.6 Å². The molecule has 0 unspecified atom stereocenters. The Kier molecular flexibility index (Phi) is 6.23. The number of ether oxygens (including phenoxy) is 3. The van der Waals surface area contributed by atoms with E-state index in [9.17, 15) is 9.59 Å². The summed E-state index contributed by atoms with van der Waals surface area (Å²) in [5.74, 6) is 1.54. The Hall–Kier alpha value is -3.26. The molecule has 3 aromatic rings. The van der Waals surface area contributed by atoms with Crippen molar-refractivity contribution < 1.29 is 19.0 Å². The standard InChI is InChI=1S/C23H24ClN3O5/c1-30-17-12-16-18(21(32-3)20(17)31-2)22(29)26-23(25-16)27-10-8-14(9-11-27)19(28)13-4-6-15(24)7-5-13/h4-7,12,14H,8-11H2,1-3H3,(H,25,26,29). The second kappa shape index (κ2) is 9.08. The van der Waals surface area contributed by atoms with Crippen LogP contribution in [0.5, 0.6) is 17.2 Å². The number of hydrogen-bond donors (Lipinski definition) is 1. The lowest BCUT2D eigenvalue weighted by atomic mass is 9.89. The average molecular weight is 458 g/mol. The Balaban J connectivity index is 1.59. The van der Waals surface area contributed by atoms with E-state index < -0.39 is 5.56 Å². The maximum Gasteiger partial charge on any atom is 0.286 e. The number of nitrogens with zero attached hydrogens (tertiary/aromatic N) is 2. The van der Waals surface area contributed by atoms with Gasteiger partial charge in [0.05, 0.1) is 26.8 Å². The van der Waals surface area contributed by atoms with E-state index in [2.05, 4.69) is 9.97 Å². The number of benzene rings is 2. The van der Waals surface area contributed by atoms with Gasteiger partial charge in [0.2, 0.25) is 11.7 Å². The summed E-state index contributed by atoms with van der Waals surface area (Å²) in [7, 11) is 4.47. The molecule has 1 aromatic heterocycles. The Morgan fingerprint density at radius 1 is 1.06 bits per heavy atom. The number of aromatic nitrogens is 2. The molecule has 9 heteroatoms. The lowest BCUT2D eigenvalue weighted by molar-refractivity contribution is 0.0900. The van der Waals surface area contributed by atoms with Crippen molar-refractivity contribution in [2.45, 2.75) is 12.8 Å². The van der Waals surface area contributed by atoms with Gasteiger partial charge in [0.25, 0.3) is 5.56 Å². The maximum absolute atomic E-state index is 12.9. The molecule has 32 heavy (non-hydrogen) atoms. The molecular weight excluding hydrogens is 434 g/mol. The molecular formula is C23H24ClN3O5. The van der Waals surface area contributed by atoms with Crippen molar-refractivity contribution in [3.05, 3.63) is 51.3 Å². The SMILES string of the molecule is COc1cc2[nH]c(N3CCC(C(=O)c4ccc(Cl)cc4)CC3)nc(=O)c2c(OC)c1OC. The Bertz CT molecular complexity index is 1200. The number of carbonyl (C=O) groups is 1. The molecule has 1 saturated heterocycles. The highest BCUT2D eigenvalue weighted by atomic mass is 35.5. The first-order valence-electron chi connectivity index (χ1n) is 10.2. The number of fused-ring (bicyclic) bond motifs is 1. The second-order valence-corrected chi connectivity index (χ2v) is 8.00. The average Bonchev–Trinajstić information content (AvgIpc) is 2.82. The van der Waals surface area contributed by atoms with Gasteiger partial charge in [-0.05, 0) is 37.1 Å². The fourth-order valence-electron chi connectivity index (χ4n) is 4.12. The first-order chi connectivity index (χ1) is 15.5. The topological polar surface area (TPSA) is 93.8 Å². The van der Waals surface area contributed by atoms with Crippen LogP contribution in [0.1, 0.15) is 23.2 Å². The number of aromatic amines is 1. The fourth-order valence-corrected chi connectivity index (χ4v) is 4.25. The number of hydrogen-bond acceptors (Lipinski definition) is 7. The van der Waals surface area contributed by atoms with E-state index in [1.165, 1.54) is 21.3 Å². The Labute approximate surface area is 190 Å². The molecule has 0 amide bonds. The molecule has 4 rings (SSSR count). The van der Waals surface area contributed by atoms with E-state index in [-0.39, 0.29) is 17.5 Å². The van der Waals surface area contributed by atoms with Gasteiger partial charge in [-0.2, -0.15) is 4.98 Å². The largest absolute Gasteiger partial charge is 0.493 e. The zero-order valence-electron chi connectivity index (χ0n) is 18.1. The minimum atomic E-state index is -0.425. The van der Waals surface area contributed by atoms with Crippen LogP contribution in [0.3, 0.4) is 0 Å². The highest BCUT2D eigenvalue weighted by molar-refractivity contribution is 6.30. The van der Waals surface area contributed by atoms with Crippen LogP contribution in [0.2, 0.25) is 5.02 Å². The molecule has 1 aliphatic heterocycles. The lowest BCUT2D eigenvalue weighted by Gasteiger charge is -2.31. The molecule has 0 bridgehead atoms. The highest BCUT2D eigenvalue weighted by Crippen LogP contribution is 2.41. The van der Waals surface area contributed by atoms with E-state index in [0.29, 0.717) is 64.9 Å². The van der Waals surface area contributed by atoms with Crippen LogP contribution in [-0.2, 0) is 0 Å². The maximum atomic E-state index is 12.9. The summed E-state index contributed by atoms with van der Waals surface area (Å²) in [4.78, 5) is 35.1. The quantitative estimate of drug-likeness (QED) is 0.564. The summed E-state index contributed by atoms with van der Waals surface area (Å²) < 4.78 is 16.2. The number of halogens is 1. The molecule has 0 saturated carbocycles. The van der Waals surface area contributed by atoms with Crippen molar-refractivity contribution in [2.24, 2.45) is 5.92 Å². The first kappa shape index (κ1) is 22.0. The third-order valence-electron chi connectivity index (χ3n) is 5.79. The second-order valence-electron chi connectivity index (χ2n) is 7.57. The van der Waals surface area contributed by atoms with E-state index in [4.69, 9.17) is 25.8 Å². The van der Waals surface area contributed by atoms with Crippen LogP contribution in [0.25, 0.3) is 10.9 Å². The van der Waals surface area contributed by atoms with Crippen molar-refractivity contribution in [1.29, 1.82) is 0 Å². The summed E-state index contributed by atoms with van der Waals surface area (Å²) in [6.45, 7) is 1.20. The molecule has 2 heterocycles. The number of Topliss-reactive ketones (excluding diaryl/α,β-unsaturated/α-hetero) is 1. The van der Waals surface area contributed by atoms with Crippen molar-refractivity contribution in [1.82, 2.24) is 9.97 Å². The lowest BCUT2D eigenvalue weighted by Crippen LogP contribution is -2.38. The molecule has 8 nitrogen and oxygen atoms in total. The predicted molar refractivity (Wildman–Crippen MR) is 123 cm³/mol. The number of piperidine rings is 1. The molecule has 0 spiro atoms. The molecule has 168 valence electrons. The van der Waals surface area contributed by atoms with Crippen molar-refractivity contribution in [2.75, 3.05) is 39.3 Å². The monoisotopic (exact) mass is 457 g/mol. The van der Waals surface area contributed by atoms with E-state index in [1.54, 1.807) is 30.3 Å². The van der Waals surface area contributed by atoms with Crippen LogP contribution in [-0.4, -0.2) is 50.2 Å². The summed E-state index contributed by atoms with van der Waals surface area (Å²) >= 11 is 5.92. The molecule has 1 fully saturated rings. The number of ketones is 1. The van der Waals surface area contributed by atoms with Crippen molar-refractivity contribution in [3.63, 3.8) is 0 Å². The van der Waals surface area contributed by atoms with Gasteiger partial charge in [0, 0.05) is 35.7 Å². The van der Waals surface area contributed by atoms with Gasteiger partial charge in [-0.1, -0.05) is 11.6 Å². The van der Waals surface area contributed by atoms with Gasteiger partial charge in [0.15, 0.2) is 17.3 Å². The number of H-pyrrole nitrogens is 1. The molecule has 0 atom stereocenters. The van der Waals surface area contributed by atoms with Crippen molar-refractivity contribution >= 4 is 34.2 Å². The molecule has 2 aromatic carbocycles. The predicted octanol–water partition coefficient (Wildman–Crippen LogP) is 3.70. The van der Waals surface area contributed by atoms with Gasteiger partial charge >= 0.3 is 0 Å². The molecule has 1 N–H and O–H groups in total. The number of carbonyl (C=O) groups excluding carboxylic acids is 1. The molecule has 1 aliphatic rings. The van der Waals surface area contributed by atoms with E-state index in [1.807, 2.05) is 4.90 Å². The minimum Gasteiger partial charge on any atom is -0.493 e. The summed E-state index contributed by atoms with van der Waals surface area (Å²) in [5.41, 5.74) is 0.776. The van der Waals surface area contributed by atoms with E-state index >= 15 is 0 Å². The van der Waals surface area contributed by atoms with Gasteiger partial charge < -0.3 is 24.1 Å². The van der Waals surface area contributed by atoms with Gasteiger partial charge in [-0.25, -0.2) is 0 Å². The van der Waals surface area contributed by atoms with Gasteiger partial charge in [-0.15, -0.1) is 0 Å². The van der Waals surface area contributed by atoms with Crippen LogP contribution in [0.15, 0.2) is 35.1 Å². The number of anilines is 1. The number of methoxy groups -OCH3 is 3. The Morgan fingerprint density at radius 2 is 1.72 bits per heavy atom. The number of nitrogens with one attached hydrogen (secondary N) is 1. The third-order valence-corrected chi connectivity index (χ3v) is 6.04. The number of rotatable bonds is 6. The Morgan fingerprint density at radius 3 is 2.31 bits per heavy atom. The van der Waals surface area contributed by atoms with Gasteiger partial charge in [0.1, 0.15) is 5.39 Å². The third kappa shape index (κ3) is 3.98. The van der Waals surface area contributed by atoms with Crippen LogP contribution in [0.4, 0.5) is 5.95 Å². The van der Waals surface area contributed by atoms with Gasteiger partial charge in [-0.3, -0.25) is 9.59 Å². The smallest absolute Gasteiger partial charge is 0.286 e. The molecule has 0 aliphatic carbocycles. The zero-order valence-corrected chi connectivity index (χ0v) is 18.9. The highest BCUT2D eigenvalue weighted by Gasteiger charge is 2.28. The summed E-state index contributed by atoms with van der Waals surface area (Å²) in [5, 5.41) is 0.898. The summed E-state index contributed by atoms with van der Waals surface area (Å²) in [6.07, 6.45) is 1.33. The first-order valence-corrected chi connectivity index (χ1v) is 10.6. The molecule has 0 radical (unpaired) electrons.